The molecule has 0 saturated heterocycles. The Labute approximate surface area is 336 Å². The van der Waals surface area contributed by atoms with Crippen molar-refractivity contribution < 1.29 is 0 Å². The fourth-order valence-electron chi connectivity index (χ4n) is 7.91. The summed E-state index contributed by atoms with van der Waals surface area (Å²) >= 11 is 0. The van der Waals surface area contributed by atoms with E-state index in [4.69, 9.17) is 0 Å². The van der Waals surface area contributed by atoms with Crippen molar-refractivity contribution in [3.8, 4) is 91.0 Å². The molecule has 0 aliphatic heterocycles. The van der Waals surface area contributed by atoms with Gasteiger partial charge in [-0.25, -0.2) is 0 Å². The molecule has 266 valence electrons. The molecule has 0 unspecified atom stereocenters. The number of benzene rings is 9. The van der Waals surface area contributed by atoms with Crippen molar-refractivity contribution >= 4 is 21.5 Å². The quantitative estimate of drug-likeness (QED) is 0.159. The molecule has 0 radical (unpaired) electrons. The van der Waals surface area contributed by atoms with Crippen molar-refractivity contribution in [2.24, 2.45) is 0 Å². The highest BCUT2D eigenvalue weighted by atomic mass is 14.3. The van der Waals surface area contributed by atoms with Gasteiger partial charge in [0.2, 0.25) is 0 Å². The zero-order chi connectivity index (χ0) is 39.6. The lowest BCUT2D eigenvalue weighted by molar-refractivity contribution is 1.48. The molecule has 58 heavy (non-hydrogen) atoms. The number of hydrogen-bond donors (Lipinski definition) is 0. The Hall–Kier alpha value is -8.54. The number of hydrogen-bond acceptors (Lipinski definition) is 4. The minimum absolute atomic E-state index is 0.602. The molecule has 0 fully saturated rings. The molecule has 9 rings (SSSR count). The van der Waals surface area contributed by atoms with Crippen molar-refractivity contribution in [1.29, 1.82) is 21.0 Å². The standard InChI is InChI=1S/C54H30N4/c55-31-35-9-17-39(18-10-35)43-25-44(40-19-11-36(32-56)12-20-40)28-47(27-43)53-49-5-1-2-6-50(49)54(52-8-4-3-7-51(52)53)48-29-45(41-21-13-37(33-57)14-22-41)26-46(30-48)42-23-15-38(34-58)16-24-42/h1-30H. The van der Waals surface area contributed by atoms with Gasteiger partial charge < -0.3 is 0 Å². The van der Waals surface area contributed by atoms with Crippen LogP contribution in [0, 0.1) is 45.3 Å². The minimum atomic E-state index is 0.602. The minimum Gasteiger partial charge on any atom is -0.192 e. The average molecular weight is 735 g/mol. The van der Waals surface area contributed by atoms with Crippen LogP contribution in [-0.2, 0) is 0 Å². The topological polar surface area (TPSA) is 95.2 Å². The maximum Gasteiger partial charge on any atom is 0.0991 e. The maximum absolute atomic E-state index is 9.52. The van der Waals surface area contributed by atoms with E-state index in [1.165, 1.54) is 0 Å². The van der Waals surface area contributed by atoms with Crippen LogP contribution in [0.2, 0.25) is 0 Å². The monoisotopic (exact) mass is 734 g/mol. The molecule has 0 heterocycles. The first-order valence-electron chi connectivity index (χ1n) is 18.8. The number of rotatable bonds is 6. The molecular formula is C54H30N4. The largest absolute Gasteiger partial charge is 0.192 e. The Kier molecular flexibility index (Phi) is 9.07. The number of nitriles is 4. The summed E-state index contributed by atoms with van der Waals surface area (Å²) in [6.07, 6.45) is 0. The fraction of sp³-hybridized carbons (Fsp3) is 0. The summed E-state index contributed by atoms with van der Waals surface area (Å²) in [4.78, 5) is 0. The van der Waals surface area contributed by atoms with E-state index in [0.717, 1.165) is 88.3 Å². The van der Waals surface area contributed by atoms with E-state index < -0.39 is 0 Å². The molecule has 4 nitrogen and oxygen atoms in total. The first kappa shape index (κ1) is 35.2. The Balaban J connectivity index is 1.32. The van der Waals surface area contributed by atoms with E-state index >= 15 is 0 Å². The Bertz CT molecular complexity index is 2790. The number of fused-ring (bicyclic) bond motifs is 2. The van der Waals surface area contributed by atoms with Gasteiger partial charge in [-0.2, -0.15) is 21.0 Å². The highest BCUT2D eigenvalue weighted by molar-refractivity contribution is 6.22. The average Bonchev–Trinajstić information content (AvgIpc) is 3.30. The summed E-state index contributed by atoms with van der Waals surface area (Å²) in [5, 5.41) is 42.5. The van der Waals surface area contributed by atoms with Crippen molar-refractivity contribution in [1.82, 2.24) is 0 Å². The van der Waals surface area contributed by atoms with Gasteiger partial charge in [0.15, 0.2) is 0 Å². The van der Waals surface area contributed by atoms with Crippen LogP contribution in [0.1, 0.15) is 22.3 Å². The summed E-state index contributed by atoms with van der Waals surface area (Å²) in [7, 11) is 0. The fourth-order valence-corrected chi connectivity index (χ4v) is 7.91. The van der Waals surface area contributed by atoms with Crippen LogP contribution in [-0.4, -0.2) is 0 Å². The van der Waals surface area contributed by atoms with E-state index in [1.807, 2.05) is 97.1 Å². The second-order valence-corrected chi connectivity index (χ2v) is 14.2. The molecule has 0 bridgehead atoms. The van der Waals surface area contributed by atoms with E-state index in [-0.39, 0.29) is 0 Å². The highest BCUT2D eigenvalue weighted by Crippen LogP contribution is 2.46. The van der Waals surface area contributed by atoms with E-state index in [9.17, 15) is 21.0 Å². The van der Waals surface area contributed by atoms with E-state index in [0.29, 0.717) is 22.3 Å². The van der Waals surface area contributed by atoms with Gasteiger partial charge in [-0.3, -0.25) is 0 Å². The van der Waals surface area contributed by atoms with Crippen molar-refractivity contribution in [3.63, 3.8) is 0 Å². The Morgan fingerprint density at radius 3 is 0.638 bits per heavy atom. The third kappa shape index (κ3) is 6.51. The van der Waals surface area contributed by atoms with Crippen LogP contribution < -0.4 is 0 Å². The summed E-state index contributed by atoms with van der Waals surface area (Å²) in [6.45, 7) is 0. The van der Waals surface area contributed by atoms with Gasteiger partial charge in [-0.1, -0.05) is 97.1 Å². The van der Waals surface area contributed by atoms with Gasteiger partial charge in [0, 0.05) is 0 Å². The first-order valence-corrected chi connectivity index (χ1v) is 18.8. The van der Waals surface area contributed by atoms with Crippen LogP contribution in [0.25, 0.3) is 88.3 Å². The third-order valence-corrected chi connectivity index (χ3v) is 10.8. The van der Waals surface area contributed by atoms with Crippen LogP contribution in [0.5, 0.6) is 0 Å². The Morgan fingerprint density at radius 2 is 0.431 bits per heavy atom. The highest BCUT2D eigenvalue weighted by Gasteiger charge is 2.19. The molecule has 9 aromatic rings. The molecule has 0 saturated carbocycles. The molecule has 0 aliphatic carbocycles. The van der Waals surface area contributed by atoms with Gasteiger partial charge in [0.05, 0.1) is 46.5 Å². The van der Waals surface area contributed by atoms with Crippen molar-refractivity contribution in [2.75, 3.05) is 0 Å². The summed E-state index contributed by atoms with van der Waals surface area (Å²) in [5.74, 6) is 0. The predicted molar refractivity (Wildman–Crippen MR) is 233 cm³/mol. The molecule has 0 aromatic heterocycles. The van der Waals surface area contributed by atoms with E-state index in [1.54, 1.807) is 0 Å². The molecule has 0 spiro atoms. The van der Waals surface area contributed by atoms with Gasteiger partial charge >= 0.3 is 0 Å². The zero-order valence-electron chi connectivity index (χ0n) is 31.1. The molecule has 0 amide bonds. The lowest BCUT2D eigenvalue weighted by Crippen LogP contribution is -1.93. The molecule has 0 aliphatic rings. The SMILES string of the molecule is N#Cc1ccc(-c2cc(-c3ccc(C#N)cc3)cc(-c3c4ccccc4c(-c4cc(-c5ccc(C#N)cc5)cc(-c5ccc(C#N)cc5)c4)c4ccccc34)c2)cc1. The molecule has 4 heteroatoms. The zero-order valence-corrected chi connectivity index (χ0v) is 31.1. The second kappa shape index (κ2) is 14.9. The summed E-state index contributed by atoms with van der Waals surface area (Å²) < 4.78 is 0. The molecule has 0 atom stereocenters. The van der Waals surface area contributed by atoms with Gasteiger partial charge in [0.1, 0.15) is 0 Å². The third-order valence-electron chi connectivity index (χ3n) is 10.8. The summed E-state index contributed by atoms with van der Waals surface area (Å²) in [5.41, 5.74) is 14.8. The maximum atomic E-state index is 9.52. The normalized spacial score (nSPS) is 10.7. The second-order valence-electron chi connectivity index (χ2n) is 14.2. The van der Waals surface area contributed by atoms with E-state index in [2.05, 4.69) is 109 Å². The molecule has 0 N–H and O–H groups in total. The summed E-state index contributed by atoms with van der Waals surface area (Å²) in [6, 6.07) is 70.1. The van der Waals surface area contributed by atoms with Crippen LogP contribution in [0.4, 0.5) is 0 Å². The van der Waals surface area contributed by atoms with Crippen LogP contribution in [0.3, 0.4) is 0 Å². The molecule has 9 aromatic carbocycles. The van der Waals surface area contributed by atoms with Crippen molar-refractivity contribution in [3.05, 3.63) is 204 Å². The van der Waals surface area contributed by atoms with Crippen molar-refractivity contribution in [2.45, 2.75) is 0 Å². The lowest BCUT2D eigenvalue weighted by Gasteiger charge is -2.20. The van der Waals surface area contributed by atoms with Crippen LogP contribution in [0.15, 0.2) is 182 Å². The lowest BCUT2D eigenvalue weighted by atomic mass is 9.83. The number of nitrogens with zero attached hydrogens (tertiary/aromatic N) is 4. The predicted octanol–water partition coefficient (Wildman–Crippen LogP) is 13.5. The Morgan fingerprint density at radius 1 is 0.224 bits per heavy atom. The van der Waals surface area contributed by atoms with Crippen LogP contribution >= 0.6 is 0 Å². The van der Waals surface area contributed by atoms with Gasteiger partial charge in [-0.15, -0.1) is 0 Å². The first-order chi connectivity index (χ1) is 28.5. The smallest absolute Gasteiger partial charge is 0.0991 e. The molecular weight excluding hydrogens is 705 g/mol. The van der Waals surface area contributed by atoms with Gasteiger partial charge in [-0.05, 0) is 173 Å². The van der Waals surface area contributed by atoms with Gasteiger partial charge in [0.25, 0.3) is 0 Å².